The minimum absolute atomic E-state index is 0.000787. The Morgan fingerprint density at radius 3 is 2.56 bits per heavy atom. The summed E-state index contributed by atoms with van der Waals surface area (Å²) < 4.78 is 37.3. The van der Waals surface area contributed by atoms with Crippen molar-refractivity contribution in [3.05, 3.63) is 23.9 Å². The van der Waals surface area contributed by atoms with E-state index in [9.17, 15) is 18.0 Å². The first-order valence-corrected chi connectivity index (χ1v) is 5.13. The summed E-state index contributed by atoms with van der Waals surface area (Å²) in [6.45, 7) is 2.92. The van der Waals surface area contributed by atoms with Gasteiger partial charge < -0.3 is 10.4 Å². The smallest absolute Gasteiger partial charge is 0.416 e. The number of hydrogen-bond acceptors (Lipinski definition) is 3. The van der Waals surface area contributed by atoms with Crippen molar-refractivity contribution < 1.29 is 23.1 Å². The van der Waals surface area contributed by atoms with Crippen LogP contribution in [0.4, 0.5) is 19.0 Å². The number of halogens is 3. The Labute approximate surface area is 102 Å². The lowest BCUT2D eigenvalue weighted by atomic mass is 9.94. The van der Waals surface area contributed by atoms with E-state index in [0.717, 1.165) is 18.3 Å². The van der Waals surface area contributed by atoms with Crippen molar-refractivity contribution >= 4 is 11.8 Å². The van der Waals surface area contributed by atoms with E-state index in [2.05, 4.69) is 10.3 Å². The minimum Gasteiger partial charge on any atom is -0.481 e. The summed E-state index contributed by atoms with van der Waals surface area (Å²) in [5, 5.41) is 11.4. The van der Waals surface area contributed by atoms with E-state index in [-0.39, 0.29) is 12.4 Å². The van der Waals surface area contributed by atoms with E-state index >= 15 is 0 Å². The van der Waals surface area contributed by atoms with Crippen LogP contribution in [0.15, 0.2) is 18.3 Å². The Balaban J connectivity index is 2.78. The highest BCUT2D eigenvalue weighted by Crippen LogP contribution is 2.30. The third kappa shape index (κ3) is 3.61. The van der Waals surface area contributed by atoms with Gasteiger partial charge in [0, 0.05) is 12.7 Å². The van der Waals surface area contributed by atoms with Gasteiger partial charge in [-0.25, -0.2) is 4.98 Å². The summed E-state index contributed by atoms with van der Waals surface area (Å²) in [6, 6.07) is 1.70. The molecule has 1 heterocycles. The maximum atomic E-state index is 12.4. The summed E-state index contributed by atoms with van der Waals surface area (Å²) in [4.78, 5) is 14.5. The fourth-order valence-corrected chi connectivity index (χ4v) is 1.09. The first kappa shape index (κ1) is 14.3. The van der Waals surface area contributed by atoms with Crippen LogP contribution in [0.2, 0.25) is 0 Å². The number of pyridine rings is 1. The number of nitrogens with zero attached hydrogens (tertiary/aromatic N) is 1. The van der Waals surface area contributed by atoms with Gasteiger partial charge in [-0.15, -0.1) is 0 Å². The molecule has 7 heteroatoms. The van der Waals surface area contributed by atoms with Crippen molar-refractivity contribution in [1.82, 2.24) is 4.98 Å². The average molecular weight is 262 g/mol. The van der Waals surface area contributed by atoms with Crippen LogP contribution in [-0.4, -0.2) is 22.6 Å². The predicted octanol–water partition coefficient (Wildman–Crippen LogP) is 2.62. The summed E-state index contributed by atoms with van der Waals surface area (Å²) in [6.07, 6.45) is -3.42. The zero-order valence-electron chi connectivity index (χ0n) is 9.88. The molecule has 0 spiro atoms. The SMILES string of the molecule is CC(C)(CNc1cc(C(F)(F)F)ccn1)C(=O)O. The van der Waals surface area contributed by atoms with E-state index in [0.29, 0.717) is 0 Å². The Hall–Kier alpha value is -1.79. The van der Waals surface area contributed by atoms with Crippen molar-refractivity contribution in [3.63, 3.8) is 0 Å². The van der Waals surface area contributed by atoms with Gasteiger partial charge in [0.1, 0.15) is 5.82 Å². The van der Waals surface area contributed by atoms with Crippen LogP contribution in [0, 0.1) is 5.41 Å². The number of aromatic nitrogens is 1. The Morgan fingerprint density at radius 2 is 2.06 bits per heavy atom. The molecule has 0 saturated carbocycles. The molecule has 0 fully saturated rings. The third-order valence-corrected chi connectivity index (χ3v) is 2.38. The van der Waals surface area contributed by atoms with Gasteiger partial charge in [-0.2, -0.15) is 13.2 Å². The second kappa shape index (κ2) is 4.83. The number of anilines is 1. The molecule has 0 aliphatic heterocycles. The highest BCUT2D eigenvalue weighted by atomic mass is 19.4. The molecule has 0 atom stereocenters. The topological polar surface area (TPSA) is 62.2 Å². The molecular formula is C11H13F3N2O2. The highest BCUT2D eigenvalue weighted by Gasteiger charge is 2.31. The van der Waals surface area contributed by atoms with Gasteiger partial charge in [0.15, 0.2) is 0 Å². The van der Waals surface area contributed by atoms with Crippen molar-refractivity contribution in [2.24, 2.45) is 5.41 Å². The fraction of sp³-hybridized carbons (Fsp3) is 0.455. The number of alkyl halides is 3. The number of carboxylic acid groups (broad SMARTS) is 1. The van der Waals surface area contributed by atoms with Crippen LogP contribution < -0.4 is 5.32 Å². The molecule has 0 aliphatic carbocycles. The molecule has 18 heavy (non-hydrogen) atoms. The van der Waals surface area contributed by atoms with E-state index in [1.165, 1.54) is 13.8 Å². The first-order chi connectivity index (χ1) is 8.13. The molecule has 0 saturated heterocycles. The number of aliphatic carboxylic acids is 1. The largest absolute Gasteiger partial charge is 0.481 e. The van der Waals surface area contributed by atoms with Crippen molar-refractivity contribution in [1.29, 1.82) is 0 Å². The van der Waals surface area contributed by atoms with Crippen LogP contribution in [0.3, 0.4) is 0 Å². The normalized spacial score (nSPS) is 12.3. The Kier molecular flexibility index (Phi) is 3.83. The van der Waals surface area contributed by atoms with Gasteiger partial charge >= 0.3 is 12.1 Å². The van der Waals surface area contributed by atoms with E-state index in [1.54, 1.807) is 0 Å². The van der Waals surface area contributed by atoms with Crippen LogP contribution in [0.25, 0.3) is 0 Å². The van der Waals surface area contributed by atoms with Gasteiger partial charge in [-0.05, 0) is 26.0 Å². The van der Waals surface area contributed by atoms with Crippen LogP contribution in [-0.2, 0) is 11.0 Å². The molecule has 0 aromatic carbocycles. The molecule has 4 nitrogen and oxygen atoms in total. The van der Waals surface area contributed by atoms with Gasteiger partial charge in [0.05, 0.1) is 11.0 Å². The lowest BCUT2D eigenvalue weighted by Crippen LogP contribution is -2.32. The molecule has 100 valence electrons. The number of hydrogen-bond donors (Lipinski definition) is 2. The molecular weight excluding hydrogens is 249 g/mol. The van der Waals surface area contributed by atoms with Gasteiger partial charge in [-0.1, -0.05) is 0 Å². The fourth-order valence-electron chi connectivity index (χ4n) is 1.09. The van der Waals surface area contributed by atoms with Crippen molar-refractivity contribution in [3.8, 4) is 0 Å². The molecule has 0 amide bonds. The maximum Gasteiger partial charge on any atom is 0.416 e. The zero-order valence-corrected chi connectivity index (χ0v) is 9.88. The number of carboxylic acids is 1. The molecule has 1 aromatic rings. The van der Waals surface area contributed by atoms with E-state index in [1.807, 2.05) is 0 Å². The summed E-state index contributed by atoms with van der Waals surface area (Å²) in [5.74, 6) is -1.04. The molecule has 0 aliphatic rings. The minimum atomic E-state index is -4.44. The number of nitrogens with one attached hydrogen (secondary N) is 1. The molecule has 1 rings (SSSR count). The lowest BCUT2D eigenvalue weighted by Gasteiger charge is -2.20. The Bertz CT molecular complexity index is 444. The molecule has 2 N–H and O–H groups in total. The second-order valence-corrected chi connectivity index (χ2v) is 4.47. The number of rotatable bonds is 4. The lowest BCUT2D eigenvalue weighted by molar-refractivity contribution is -0.146. The highest BCUT2D eigenvalue weighted by molar-refractivity contribution is 5.74. The molecule has 1 aromatic heterocycles. The third-order valence-electron chi connectivity index (χ3n) is 2.38. The van der Waals surface area contributed by atoms with Crippen molar-refractivity contribution in [2.45, 2.75) is 20.0 Å². The molecule has 0 radical (unpaired) electrons. The van der Waals surface area contributed by atoms with Crippen molar-refractivity contribution in [2.75, 3.05) is 11.9 Å². The number of carbonyl (C=O) groups is 1. The summed E-state index contributed by atoms with van der Waals surface area (Å²) in [5.41, 5.74) is -1.91. The molecule has 0 unspecified atom stereocenters. The van der Waals surface area contributed by atoms with Crippen LogP contribution in [0.5, 0.6) is 0 Å². The maximum absolute atomic E-state index is 12.4. The predicted molar refractivity (Wildman–Crippen MR) is 59.1 cm³/mol. The second-order valence-electron chi connectivity index (χ2n) is 4.47. The summed E-state index contributed by atoms with van der Waals surface area (Å²) >= 11 is 0. The van der Waals surface area contributed by atoms with E-state index in [4.69, 9.17) is 5.11 Å². The van der Waals surface area contributed by atoms with Gasteiger partial charge in [0.25, 0.3) is 0 Å². The monoisotopic (exact) mass is 262 g/mol. The van der Waals surface area contributed by atoms with Gasteiger partial charge in [0.2, 0.25) is 0 Å². The van der Waals surface area contributed by atoms with Crippen LogP contribution in [0.1, 0.15) is 19.4 Å². The van der Waals surface area contributed by atoms with Crippen LogP contribution >= 0.6 is 0 Å². The average Bonchev–Trinajstić information content (AvgIpc) is 2.25. The first-order valence-electron chi connectivity index (χ1n) is 5.13. The molecule has 0 bridgehead atoms. The quantitative estimate of drug-likeness (QED) is 0.875. The zero-order chi connectivity index (χ0) is 14.0. The standard InChI is InChI=1S/C11H13F3N2O2/c1-10(2,9(17)18)6-16-8-5-7(3-4-15-8)11(12,13)14/h3-5H,6H2,1-2H3,(H,15,16)(H,17,18). The summed E-state index contributed by atoms with van der Waals surface area (Å²) in [7, 11) is 0. The van der Waals surface area contributed by atoms with E-state index < -0.39 is 23.1 Å². The van der Waals surface area contributed by atoms with Gasteiger partial charge in [-0.3, -0.25) is 4.79 Å². The Morgan fingerprint density at radius 1 is 1.44 bits per heavy atom.